The van der Waals surface area contributed by atoms with E-state index in [1.165, 1.54) is 0 Å². The van der Waals surface area contributed by atoms with Crippen LogP contribution in [0.3, 0.4) is 0 Å². The van der Waals surface area contributed by atoms with Crippen LogP contribution in [0.5, 0.6) is 0 Å². The van der Waals surface area contributed by atoms with Gasteiger partial charge in [0.15, 0.2) is 0 Å². The molecule has 4 aliphatic heterocycles. The first kappa shape index (κ1) is 23.3. The highest BCUT2D eigenvalue weighted by Gasteiger charge is 2.43. The van der Waals surface area contributed by atoms with Gasteiger partial charge >= 0.3 is 24.0 Å². The summed E-state index contributed by atoms with van der Waals surface area (Å²) in [6, 6.07) is 0.556. The molecule has 0 aliphatic carbocycles. The fourth-order valence-electron chi connectivity index (χ4n) is 4.69. The van der Waals surface area contributed by atoms with Crippen molar-refractivity contribution < 1.29 is 29.0 Å². The van der Waals surface area contributed by atoms with E-state index >= 15 is 0 Å². The molecule has 4 N–H and O–H groups in total. The summed E-state index contributed by atoms with van der Waals surface area (Å²) in [6.07, 6.45) is 5.23. The normalized spacial score (nSPS) is 32.4. The predicted octanol–water partition coefficient (Wildman–Crippen LogP) is 1.44. The predicted molar refractivity (Wildman–Crippen MR) is 120 cm³/mol. The number of thioether (sulfide) groups is 2. The lowest BCUT2D eigenvalue weighted by Gasteiger charge is -2.16. The molecule has 0 unspecified atom stereocenters. The summed E-state index contributed by atoms with van der Waals surface area (Å²) in [5, 5.41) is 12.5. The highest BCUT2D eigenvalue weighted by molar-refractivity contribution is 8.00. The molecule has 178 valence electrons. The smallest absolute Gasteiger partial charge is 0.332 e. The molecule has 0 bridgehead atoms. The lowest BCUT2D eigenvalue weighted by Crippen LogP contribution is -2.36. The summed E-state index contributed by atoms with van der Waals surface area (Å²) in [5.41, 5.74) is 0. The molecule has 0 aromatic carbocycles. The van der Waals surface area contributed by atoms with Crippen molar-refractivity contribution in [2.24, 2.45) is 0 Å². The van der Waals surface area contributed by atoms with Gasteiger partial charge in [0.25, 0.3) is 0 Å². The van der Waals surface area contributed by atoms with Gasteiger partial charge in [-0.05, 0) is 25.7 Å². The van der Waals surface area contributed by atoms with Crippen LogP contribution in [0.1, 0.15) is 51.4 Å². The van der Waals surface area contributed by atoms with E-state index in [1.54, 1.807) is 0 Å². The van der Waals surface area contributed by atoms with Crippen molar-refractivity contribution in [2.75, 3.05) is 11.5 Å². The molecule has 0 aromatic heterocycles. The summed E-state index contributed by atoms with van der Waals surface area (Å²) in [5.74, 6) is 0.758. The quantitative estimate of drug-likeness (QED) is 0.158. The Balaban J connectivity index is 0.998. The molecule has 0 radical (unpaired) electrons. The van der Waals surface area contributed by atoms with Crippen LogP contribution >= 0.6 is 23.5 Å². The van der Waals surface area contributed by atoms with Crippen LogP contribution in [0.4, 0.5) is 9.59 Å². The molecule has 10 nitrogen and oxygen atoms in total. The van der Waals surface area contributed by atoms with Crippen molar-refractivity contribution in [2.45, 2.75) is 86.0 Å². The second-order valence-corrected chi connectivity index (χ2v) is 11.2. The van der Waals surface area contributed by atoms with Gasteiger partial charge in [-0.15, -0.1) is 0 Å². The molecule has 4 fully saturated rings. The number of hydrogen-bond acceptors (Lipinski definition) is 8. The van der Waals surface area contributed by atoms with Crippen LogP contribution in [-0.2, 0) is 19.4 Å². The van der Waals surface area contributed by atoms with E-state index in [0.717, 1.165) is 37.2 Å². The van der Waals surface area contributed by atoms with Crippen molar-refractivity contribution >= 4 is 47.5 Å². The fourth-order valence-corrected chi connectivity index (χ4v) is 7.78. The lowest BCUT2D eigenvalue weighted by atomic mass is 10.0. The molecule has 0 saturated carbocycles. The van der Waals surface area contributed by atoms with E-state index < -0.39 is 11.9 Å². The molecule has 0 spiro atoms. The number of urea groups is 2. The van der Waals surface area contributed by atoms with Gasteiger partial charge in [-0.25, -0.2) is 29.0 Å². The number of amides is 4. The van der Waals surface area contributed by atoms with E-state index in [-0.39, 0.29) is 49.1 Å². The van der Waals surface area contributed by atoms with Gasteiger partial charge in [-0.3, -0.25) is 0 Å². The second-order valence-electron chi connectivity index (χ2n) is 8.65. The summed E-state index contributed by atoms with van der Waals surface area (Å²) < 4.78 is 0. The van der Waals surface area contributed by atoms with E-state index in [0.29, 0.717) is 23.3 Å². The van der Waals surface area contributed by atoms with Crippen molar-refractivity contribution in [3.05, 3.63) is 0 Å². The van der Waals surface area contributed by atoms with Gasteiger partial charge < -0.3 is 21.3 Å². The Morgan fingerprint density at radius 2 is 1.16 bits per heavy atom. The average Bonchev–Trinajstić information content (AvgIpc) is 3.49. The minimum absolute atomic E-state index is 0.0960. The van der Waals surface area contributed by atoms with Gasteiger partial charge in [-0.1, -0.05) is 12.8 Å². The number of unbranched alkanes of at least 4 members (excludes halogenated alkanes) is 2. The van der Waals surface area contributed by atoms with Crippen LogP contribution in [-0.4, -0.2) is 70.2 Å². The van der Waals surface area contributed by atoms with Crippen molar-refractivity contribution in [1.29, 1.82) is 0 Å². The molecular formula is C20H30N4O6S2. The van der Waals surface area contributed by atoms with Gasteiger partial charge in [0.05, 0.1) is 37.0 Å². The Bertz CT molecular complexity index is 681. The molecule has 4 aliphatic rings. The Kier molecular flexibility index (Phi) is 7.93. The number of hydrogen-bond donors (Lipinski definition) is 4. The Labute approximate surface area is 195 Å². The van der Waals surface area contributed by atoms with Gasteiger partial charge in [0, 0.05) is 22.0 Å². The number of carbonyl (C=O) groups is 4. The lowest BCUT2D eigenvalue weighted by molar-refractivity contribution is -0.259. The molecule has 12 heteroatoms. The monoisotopic (exact) mass is 486 g/mol. The maximum Gasteiger partial charge on any atom is 0.355 e. The van der Waals surface area contributed by atoms with E-state index in [2.05, 4.69) is 31.0 Å². The summed E-state index contributed by atoms with van der Waals surface area (Å²) in [7, 11) is 0. The van der Waals surface area contributed by atoms with Crippen LogP contribution in [0.2, 0.25) is 0 Å². The second kappa shape index (κ2) is 10.9. The standard InChI is InChI=1S/C20H30N4O6S2/c25-15(7-3-1-5-13-17-11(9-31-13)21-19(27)23-17)29-30-16(26)8-4-2-6-14-18-12(10-32-14)22-20(28)24-18/h11-14,17-18H,1-10H2,(H2,21,23,27)(H2,22,24,28)/t11-,12-,13-,14-,17-,18-/m0/s1. The topological polar surface area (TPSA) is 135 Å². The highest BCUT2D eigenvalue weighted by atomic mass is 32.2. The summed E-state index contributed by atoms with van der Waals surface area (Å²) >= 11 is 3.69. The van der Waals surface area contributed by atoms with E-state index in [9.17, 15) is 19.2 Å². The molecular weight excluding hydrogens is 456 g/mol. The number of nitrogens with one attached hydrogen (secondary N) is 4. The molecule has 6 atom stereocenters. The largest absolute Gasteiger partial charge is 0.355 e. The van der Waals surface area contributed by atoms with Crippen LogP contribution in [0.15, 0.2) is 0 Å². The third-order valence-electron chi connectivity index (χ3n) is 6.34. The van der Waals surface area contributed by atoms with Crippen molar-refractivity contribution in [1.82, 2.24) is 21.3 Å². The minimum Gasteiger partial charge on any atom is -0.332 e. The maximum absolute atomic E-state index is 11.8. The molecule has 4 heterocycles. The first-order chi connectivity index (χ1) is 15.5. The Morgan fingerprint density at radius 3 is 1.59 bits per heavy atom. The molecule has 0 aromatic rings. The van der Waals surface area contributed by atoms with Crippen molar-refractivity contribution in [3.63, 3.8) is 0 Å². The molecule has 32 heavy (non-hydrogen) atoms. The average molecular weight is 487 g/mol. The first-order valence-electron chi connectivity index (χ1n) is 11.3. The SMILES string of the molecule is O=C1N[C@H]2[C@H](CS[C@H]2CCCCC(=O)OOC(=O)CCCC[C@@H]2SC[C@@H]3NC(=O)N[C@@H]32)N1. The Hall–Kier alpha value is -1.82. The Morgan fingerprint density at radius 1 is 0.719 bits per heavy atom. The summed E-state index contributed by atoms with van der Waals surface area (Å²) in [6.45, 7) is 0. The van der Waals surface area contributed by atoms with Crippen LogP contribution < -0.4 is 21.3 Å². The van der Waals surface area contributed by atoms with Crippen LogP contribution in [0.25, 0.3) is 0 Å². The van der Waals surface area contributed by atoms with Crippen molar-refractivity contribution in [3.8, 4) is 0 Å². The maximum atomic E-state index is 11.8. The van der Waals surface area contributed by atoms with E-state index in [4.69, 9.17) is 0 Å². The van der Waals surface area contributed by atoms with E-state index in [1.807, 2.05) is 23.5 Å². The molecule has 4 amide bonds. The molecule has 4 saturated heterocycles. The zero-order valence-electron chi connectivity index (χ0n) is 17.8. The number of fused-ring (bicyclic) bond motifs is 2. The summed E-state index contributed by atoms with van der Waals surface area (Å²) in [4.78, 5) is 55.6. The highest BCUT2D eigenvalue weighted by Crippen LogP contribution is 2.34. The fraction of sp³-hybridized carbons (Fsp3) is 0.800. The molecule has 4 rings (SSSR count). The minimum atomic E-state index is -0.538. The first-order valence-corrected chi connectivity index (χ1v) is 13.4. The number of rotatable bonds is 10. The van der Waals surface area contributed by atoms with Gasteiger partial charge in [0.1, 0.15) is 0 Å². The van der Waals surface area contributed by atoms with Gasteiger partial charge in [0.2, 0.25) is 0 Å². The van der Waals surface area contributed by atoms with Crippen LogP contribution in [0, 0.1) is 0 Å². The van der Waals surface area contributed by atoms with Gasteiger partial charge in [-0.2, -0.15) is 23.5 Å². The zero-order chi connectivity index (χ0) is 22.5. The number of carbonyl (C=O) groups excluding carboxylic acids is 4. The third-order valence-corrected chi connectivity index (χ3v) is 9.36. The third kappa shape index (κ3) is 5.94. The zero-order valence-corrected chi connectivity index (χ0v) is 19.4.